The molecule has 154 valence electrons. The highest BCUT2D eigenvalue weighted by atomic mass is 32.1. The van der Waals surface area contributed by atoms with Gasteiger partial charge in [0.25, 0.3) is 5.56 Å². The van der Waals surface area contributed by atoms with Crippen LogP contribution in [0.5, 0.6) is 0 Å². The van der Waals surface area contributed by atoms with Crippen LogP contribution >= 0.6 is 11.3 Å². The molecule has 3 aromatic heterocycles. The van der Waals surface area contributed by atoms with Gasteiger partial charge in [-0.25, -0.2) is 13.9 Å². The van der Waals surface area contributed by atoms with Crippen molar-refractivity contribution < 1.29 is 4.79 Å². The molecular weight excluding hydrogens is 402 g/mol. The number of thiophene rings is 1. The molecule has 1 aliphatic rings. The molecule has 4 heterocycles. The molecule has 8 nitrogen and oxygen atoms in total. The second-order valence-corrected chi connectivity index (χ2v) is 8.40. The zero-order valence-corrected chi connectivity index (χ0v) is 17.4. The Hall–Kier alpha value is -3.20. The molecule has 30 heavy (non-hydrogen) atoms. The van der Waals surface area contributed by atoms with Gasteiger partial charge < -0.3 is 4.90 Å². The Morgan fingerprint density at radius 1 is 1.10 bits per heavy atom. The van der Waals surface area contributed by atoms with E-state index in [1.807, 2.05) is 36.6 Å². The maximum Gasteiger partial charge on any atom is 0.352 e. The fourth-order valence-corrected chi connectivity index (χ4v) is 4.86. The summed E-state index contributed by atoms with van der Waals surface area (Å²) in [7, 11) is 0. The summed E-state index contributed by atoms with van der Waals surface area (Å²) in [6, 6.07) is 9.43. The Balaban J connectivity index is 1.56. The third-order valence-corrected chi connectivity index (χ3v) is 6.38. The normalized spacial score (nSPS) is 14.4. The van der Waals surface area contributed by atoms with Gasteiger partial charge in [-0.05, 0) is 42.0 Å². The van der Waals surface area contributed by atoms with Gasteiger partial charge in [0, 0.05) is 25.2 Å². The van der Waals surface area contributed by atoms with E-state index < -0.39 is 0 Å². The molecule has 1 aromatic carbocycles. The second-order valence-electron chi connectivity index (χ2n) is 7.48. The van der Waals surface area contributed by atoms with Crippen LogP contribution in [0, 0.1) is 0 Å². The molecule has 1 aliphatic heterocycles. The summed E-state index contributed by atoms with van der Waals surface area (Å²) < 4.78 is 5.07. The van der Waals surface area contributed by atoms with Gasteiger partial charge in [-0.1, -0.05) is 19.1 Å². The molecule has 0 aliphatic carbocycles. The van der Waals surface area contributed by atoms with Crippen molar-refractivity contribution in [3.63, 3.8) is 0 Å². The van der Waals surface area contributed by atoms with Gasteiger partial charge in [0.05, 0.1) is 12.1 Å². The molecule has 0 radical (unpaired) electrons. The molecule has 0 N–H and O–H groups in total. The molecule has 1 fully saturated rings. The number of amides is 1. The Morgan fingerprint density at radius 3 is 2.60 bits per heavy atom. The van der Waals surface area contributed by atoms with Crippen LogP contribution in [0.1, 0.15) is 31.7 Å². The zero-order chi connectivity index (χ0) is 20.8. The Kier molecular flexibility index (Phi) is 4.54. The first-order valence-corrected chi connectivity index (χ1v) is 11.0. The van der Waals surface area contributed by atoms with Crippen LogP contribution < -0.4 is 16.1 Å². The lowest BCUT2D eigenvalue weighted by molar-refractivity contribution is -0.117. The number of hydrogen-bond donors (Lipinski definition) is 0. The number of carbonyl (C=O) groups is 1. The first-order chi connectivity index (χ1) is 14.6. The van der Waals surface area contributed by atoms with Crippen LogP contribution in [0.4, 0.5) is 5.69 Å². The maximum absolute atomic E-state index is 13.1. The quantitative estimate of drug-likeness (QED) is 0.494. The molecule has 1 saturated heterocycles. The molecule has 0 atom stereocenters. The summed E-state index contributed by atoms with van der Waals surface area (Å²) in [4.78, 5) is 39.7. The van der Waals surface area contributed by atoms with Crippen molar-refractivity contribution in [3.05, 3.63) is 62.1 Å². The smallest absolute Gasteiger partial charge is 0.312 e. The zero-order valence-electron chi connectivity index (χ0n) is 16.6. The number of benzene rings is 1. The van der Waals surface area contributed by atoms with Crippen molar-refractivity contribution in [2.24, 2.45) is 0 Å². The summed E-state index contributed by atoms with van der Waals surface area (Å²) in [6.07, 6.45) is 2.24. The van der Waals surface area contributed by atoms with Crippen molar-refractivity contribution in [2.75, 3.05) is 11.4 Å². The van der Waals surface area contributed by atoms with E-state index >= 15 is 0 Å². The van der Waals surface area contributed by atoms with Gasteiger partial charge in [-0.15, -0.1) is 16.4 Å². The van der Waals surface area contributed by atoms with E-state index in [0.29, 0.717) is 35.5 Å². The molecule has 0 unspecified atom stereocenters. The van der Waals surface area contributed by atoms with Crippen LogP contribution in [0.25, 0.3) is 16.0 Å². The molecule has 0 saturated carbocycles. The Labute approximate surface area is 175 Å². The summed E-state index contributed by atoms with van der Waals surface area (Å²) in [5.41, 5.74) is 2.01. The maximum atomic E-state index is 13.1. The highest BCUT2D eigenvalue weighted by Crippen LogP contribution is 2.22. The minimum atomic E-state index is -0.267. The predicted molar refractivity (Wildman–Crippen MR) is 117 cm³/mol. The van der Waals surface area contributed by atoms with E-state index in [2.05, 4.69) is 5.10 Å². The standard InChI is InChI=1S/C21H21N5O3S/c1-2-10-24-19(28)18-16(9-12-30-18)26-20(24)22-25(21(26)29)13-14-5-7-15(8-6-14)23-11-3-4-17(23)27/h5-9,12H,2-4,10-11,13H2,1H3. The van der Waals surface area contributed by atoms with E-state index in [9.17, 15) is 14.4 Å². The minimum absolute atomic E-state index is 0.105. The SMILES string of the molecule is CCCn1c(=O)c2sccc2n2c(=O)n(Cc3ccc(N4CCCC4=O)cc3)nc12. The number of rotatable bonds is 5. The number of aromatic nitrogens is 4. The number of hydrogen-bond acceptors (Lipinski definition) is 5. The number of fused-ring (bicyclic) bond motifs is 3. The average molecular weight is 423 g/mol. The van der Waals surface area contributed by atoms with Crippen LogP contribution in [0.3, 0.4) is 0 Å². The van der Waals surface area contributed by atoms with Gasteiger partial charge >= 0.3 is 5.69 Å². The fourth-order valence-electron chi connectivity index (χ4n) is 4.04. The van der Waals surface area contributed by atoms with E-state index in [-0.39, 0.29) is 17.2 Å². The third kappa shape index (κ3) is 2.88. The topological polar surface area (TPSA) is 81.6 Å². The lowest BCUT2D eigenvalue weighted by Gasteiger charge is -2.15. The summed E-state index contributed by atoms with van der Waals surface area (Å²) in [5, 5.41) is 6.32. The van der Waals surface area contributed by atoms with Crippen molar-refractivity contribution in [3.8, 4) is 0 Å². The largest absolute Gasteiger partial charge is 0.352 e. The van der Waals surface area contributed by atoms with Crippen LogP contribution in [-0.2, 0) is 17.9 Å². The number of aryl methyl sites for hydroxylation is 1. The Morgan fingerprint density at radius 2 is 1.90 bits per heavy atom. The molecule has 9 heteroatoms. The fraction of sp³-hybridized carbons (Fsp3) is 0.333. The van der Waals surface area contributed by atoms with Crippen molar-refractivity contribution in [1.82, 2.24) is 18.7 Å². The molecule has 5 rings (SSSR count). The Bertz CT molecular complexity index is 1380. The number of nitrogens with zero attached hydrogens (tertiary/aromatic N) is 5. The van der Waals surface area contributed by atoms with Gasteiger partial charge in [0.2, 0.25) is 11.7 Å². The van der Waals surface area contributed by atoms with E-state index in [1.165, 1.54) is 20.4 Å². The van der Waals surface area contributed by atoms with Crippen molar-refractivity contribution >= 4 is 38.9 Å². The third-order valence-electron chi connectivity index (χ3n) is 5.49. The number of carbonyl (C=O) groups excluding carboxylic acids is 1. The van der Waals surface area contributed by atoms with E-state index in [0.717, 1.165) is 30.6 Å². The summed E-state index contributed by atoms with van der Waals surface area (Å²) >= 11 is 1.34. The van der Waals surface area contributed by atoms with Crippen LogP contribution in [0.15, 0.2) is 45.3 Å². The monoisotopic (exact) mass is 423 g/mol. The van der Waals surface area contributed by atoms with Crippen LogP contribution in [-0.4, -0.2) is 31.2 Å². The van der Waals surface area contributed by atoms with Gasteiger partial charge in [0.1, 0.15) is 4.70 Å². The summed E-state index contributed by atoms with van der Waals surface area (Å²) in [6.45, 7) is 3.53. The first kappa shape index (κ1) is 18.8. The lowest BCUT2D eigenvalue weighted by atomic mass is 10.2. The van der Waals surface area contributed by atoms with Crippen LogP contribution in [0.2, 0.25) is 0 Å². The van der Waals surface area contributed by atoms with Crippen molar-refractivity contribution in [1.29, 1.82) is 0 Å². The van der Waals surface area contributed by atoms with Gasteiger partial charge in [-0.3, -0.25) is 14.2 Å². The number of anilines is 1. The van der Waals surface area contributed by atoms with Gasteiger partial charge in [0.15, 0.2) is 0 Å². The van der Waals surface area contributed by atoms with E-state index in [1.54, 1.807) is 15.5 Å². The lowest BCUT2D eigenvalue weighted by Crippen LogP contribution is -2.26. The van der Waals surface area contributed by atoms with Gasteiger partial charge in [-0.2, -0.15) is 0 Å². The molecule has 0 bridgehead atoms. The first-order valence-electron chi connectivity index (χ1n) is 10.1. The minimum Gasteiger partial charge on any atom is -0.312 e. The predicted octanol–water partition coefficient (Wildman–Crippen LogP) is 2.46. The molecular formula is C21H21N5O3S. The van der Waals surface area contributed by atoms with Crippen molar-refractivity contribution in [2.45, 2.75) is 39.3 Å². The molecule has 0 spiro atoms. The second kappa shape index (κ2) is 7.24. The summed E-state index contributed by atoms with van der Waals surface area (Å²) in [5.74, 6) is 0.519. The molecule has 1 amide bonds. The molecule has 4 aromatic rings. The van der Waals surface area contributed by atoms with E-state index in [4.69, 9.17) is 0 Å². The highest BCUT2D eigenvalue weighted by Gasteiger charge is 2.22. The average Bonchev–Trinajstić information content (AvgIpc) is 3.46. The highest BCUT2D eigenvalue weighted by molar-refractivity contribution is 7.17.